The fourth-order valence-electron chi connectivity index (χ4n) is 4.92. The van der Waals surface area contributed by atoms with E-state index in [0.717, 1.165) is 24.7 Å². The normalized spacial score (nSPS) is 51.1. The molecular weight excluding hydrogens is 200 g/mol. The molecule has 3 rings (SSSR count). The van der Waals surface area contributed by atoms with E-state index in [-0.39, 0.29) is 23.3 Å². The number of hydrogen-bond donors (Lipinski definition) is 2. The summed E-state index contributed by atoms with van der Waals surface area (Å²) in [7, 11) is 0. The monoisotopic (exact) mass is 222 g/mol. The summed E-state index contributed by atoms with van der Waals surface area (Å²) in [6.07, 6.45) is 8.64. The van der Waals surface area contributed by atoms with Gasteiger partial charge in [0.15, 0.2) is 0 Å². The Bertz CT molecular complexity index is 317. The Balaban J connectivity index is 1.87. The van der Waals surface area contributed by atoms with E-state index in [1.54, 1.807) is 0 Å². The van der Waals surface area contributed by atoms with E-state index < -0.39 is 0 Å². The number of nitrogens with two attached hydrogens (primary N) is 2. The SMILES string of the molecule is NC(=O)C1CCCC2(CC3CCC2C3)C1N. The molecule has 3 nitrogen and oxygen atoms in total. The Morgan fingerprint density at radius 1 is 1.25 bits per heavy atom. The van der Waals surface area contributed by atoms with Crippen molar-refractivity contribution in [3.8, 4) is 0 Å². The van der Waals surface area contributed by atoms with Gasteiger partial charge in [-0.1, -0.05) is 12.8 Å². The predicted octanol–water partition coefficient (Wildman–Crippen LogP) is 1.41. The molecule has 0 heterocycles. The van der Waals surface area contributed by atoms with Crippen molar-refractivity contribution in [2.24, 2.45) is 34.6 Å². The lowest BCUT2D eigenvalue weighted by Crippen LogP contribution is -2.55. The van der Waals surface area contributed by atoms with Gasteiger partial charge < -0.3 is 11.5 Å². The summed E-state index contributed by atoms with van der Waals surface area (Å²) in [5.74, 6) is 1.44. The van der Waals surface area contributed by atoms with E-state index in [9.17, 15) is 4.79 Å². The van der Waals surface area contributed by atoms with Gasteiger partial charge in [-0.05, 0) is 49.4 Å². The number of rotatable bonds is 1. The summed E-state index contributed by atoms with van der Waals surface area (Å²) in [5.41, 5.74) is 12.2. The zero-order chi connectivity index (χ0) is 11.3. The minimum Gasteiger partial charge on any atom is -0.369 e. The van der Waals surface area contributed by atoms with Gasteiger partial charge in [-0.25, -0.2) is 0 Å². The van der Waals surface area contributed by atoms with Crippen molar-refractivity contribution >= 4 is 5.91 Å². The topological polar surface area (TPSA) is 69.1 Å². The first-order valence-electron chi connectivity index (χ1n) is 6.68. The second-order valence-electron chi connectivity index (χ2n) is 6.24. The van der Waals surface area contributed by atoms with E-state index in [2.05, 4.69) is 0 Å². The third kappa shape index (κ3) is 1.27. The van der Waals surface area contributed by atoms with Crippen molar-refractivity contribution < 1.29 is 4.79 Å². The van der Waals surface area contributed by atoms with Crippen molar-refractivity contribution in [3.63, 3.8) is 0 Å². The molecule has 0 aromatic rings. The van der Waals surface area contributed by atoms with Crippen LogP contribution < -0.4 is 11.5 Å². The van der Waals surface area contributed by atoms with Crippen LogP contribution in [-0.2, 0) is 4.79 Å². The number of carbonyl (C=O) groups excluding carboxylic acids is 1. The Morgan fingerprint density at radius 3 is 2.62 bits per heavy atom. The Hall–Kier alpha value is -0.570. The Morgan fingerprint density at radius 2 is 2.06 bits per heavy atom. The van der Waals surface area contributed by atoms with Crippen LogP contribution in [0.3, 0.4) is 0 Å². The second kappa shape index (κ2) is 3.46. The van der Waals surface area contributed by atoms with Gasteiger partial charge in [0, 0.05) is 6.04 Å². The molecule has 0 aromatic carbocycles. The highest BCUT2D eigenvalue weighted by Crippen LogP contribution is 2.61. The van der Waals surface area contributed by atoms with Gasteiger partial charge in [0.1, 0.15) is 0 Å². The summed E-state index contributed by atoms with van der Waals surface area (Å²) >= 11 is 0. The van der Waals surface area contributed by atoms with Gasteiger partial charge >= 0.3 is 0 Å². The fourth-order valence-corrected chi connectivity index (χ4v) is 4.92. The van der Waals surface area contributed by atoms with Crippen LogP contribution in [0, 0.1) is 23.2 Å². The summed E-state index contributed by atoms with van der Waals surface area (Å²) in [6.45, 7) is 0. The van der Waals surface area contributed by atoms with Crippen molar-refractivity contribution in [1.82, 2.24) is 0 Å². The van der Waals surface area contributed by atoms with Gasteiger partial charge in [0.2, 0.25) is 5.91 Å². The van der Waals surface area contributed by atoms with Crippen molar-refractivity contribution in [2.75, 3.05) is 0 Å². The fraction of sp³-hybridized carbons (Fsp3) is 0.923. The molecule has 16 heavy (non-hydrogen) atoms. The van der Waals surface area contributed by atoms with Crippen molar-refractivity contribution in [3.05, 3.63) is 0 Å². The molecule has 3 aliphatic rings. The van der Waals surface area contributed by atoms with Crippen LogP contribution in [0.5, 0.6) is 0 Å². The molecule has 3 aliphatic carbocycles. The summed E-state index contributed by atoms with van der Waals surface area (Å²) in [5, 5.41) is 0. The first-order valence-corrected chi connectivity index (χ1v) is 6.68. The smallest absolute Gasteiger partial charge is 0.222 e. The van der Waals surface area contributed by atoms with E-state index in [1.165, 1.54) is 32.1 Å². The van der Waals surface area contributed by atoms with E-state index >= 15 is 0 Å². The molecule has 4 N–H and O–H groups in total. The first kappa shape index (κ1) is 10.6. The largest absolute Gasteiger partial charge is 0.369 e. The maximum absolute atomic E-state index is 11.5. The molecule has 3 saturated carbocycles. The molecule has 2 bridgehead atoms. The molecule has 90 valence electrons. The number of carbonyl (C=O) groups is 1. The molecule has 5 atom stereocenters. The van der Waals surface area contributed by atoms with Gasteiger partial charge in [-0.15, -0.1) is 0 Å². The minimum atomic E-state index is -0.172. The van der Waals surface area contributed by atoms with E-state index in [0.29, 0.717) is 0 Å². The Labute approximate surface area is 96.9 Å². The molecule has 3 heteroatoms. The van der Waals surface area contributed by atoms with E-state index in [4.69, 9.17) is 11.5 Å². The lowest BCUT2D eigenvalue weighted by atomic mass is 9.58. The van der Waals surface area contributed by atoms with Crippen LogP contribution >= 0.6 is 0 Å². The van der Waals surface area contributed by atoms with Crippen molar-refractivity contribution in [2.45, 2.75) is 51.0 Å². The van der Waals surface area contributed by atoms with Gasteiger partial charge in [-0.2, -0.15) is 0 Å². The third-order valence-electron chi connectivity index (χ3n) is 5.64. The van der Waals surface area contributed by atoms with Crippen LogP contribution in [0.25, 0.3) is 0 Å². The average Bonchev–Trinajstić information content (AvgIpc) is 2.82. The number of primary amides is 1. The van der Waals surface area contributed by atoms with Gasteiger partial charge in [0.05, 0.1) is 5.92 Å². The Kier molecular flexibility index (Phi) is 2.29. The third-order valence-corrected chi connectivity index (χ3v) is 5.64. The quantitative estimate of drug-likeness (QED) is 0.704. The zero-order valence-electron chi connectivity index (χ0n) is 9.82. The maximum Gasteiger partial charge on any atom is 0.222 e. The van der Waals surface area contributed by atoms with Crippen LogP contribution in [0.2, 0.25) is 0 Å². The summed E-state index contributed by atoms with van der Waals surface area (Å²) < 4.78 is 0. The van der Waals surface area contributed by atoms with Crippen LogP contribution in [0.1, 0.15) is 44.9 Å². The zero-order valence-corrected chi connectivity index (χ0v) is 9.82. The molecule has 0 aromatic heterocycles. The summed E-state index contributed by atoms with van der Waals surface area (Å²) in [6, 6.07) is 0.0362. The average molecular weight is 222 g/mol. The number of hydrogen-bond acceptors (Lipinski definition) is 2. The lowest BCUT2D eigenvalue weighted by molar-refractivity contribution is -0.126. The van der Waals surface area contributed by atoms with Crippen LogP contribution in [-0.4, -0.2) is 11.9 Å². The summed E-state index contributed by atoms with van der Waals surface area (Å²) in [4.78, 5) is 11.5. The van der Waals surface area contributed by atoms with Gasteiger partial charge in [-0.3, -0.25) is 4.79 Å². The standard InChI is InChI=1S/C13H22N2O/c14-11-10(12(15)16)2-1-5-13(11)7-8-3-4-9(13)6-8/h8-11H,1-7,14H2,(H2,15,16). The lowest BCUT2D eigenvalue weighted by Gasteiger charge is -2.48. The van der Waals surface area contributed by atoms with Gasteiger partial charge in [0.25, 0.3) is 0 Å². The molecule has 0 radical (unpaired) electrons. The second-order valence-corrected chi connectivity index (χ2v) is 6.24. The van der Waals surface area contributed by atoms with E-state index in [1.807, 2.05) is 0 Å². The number of fused-ring (bicyclic) bond motifs is 3. The van der Waals surface area contributed by atoms with Crippen LogP contribution in [0.4, 0.5) is 0 Å². The highest BCUT2D eigenvalue weighted by molar-refractivity contribution is 5.77. The minimum absolute atomic E-state index is 0.0362. The molecule has 5 unspecified atom stereocenters. The highest BCUT2D eigenvalue weighted by atomic mass is 16.1. The molecule has 0 saturated heterocycles. The molecular formula is C13H22N2O. The molecule has 1 spiro atoms. The van der Waals surface area contributed by atoms with Crippen molar-refractivity contribution in [1.29, 1.82) is 0 Å². The first-order chi connectivity index (χ1) is 7.63. The maximum atomic E-state index is 11.5. The predicted molar refractivity (Wildman–Crippen MR) is 62.4 cm³/mol. The molecule has 1 amide bonds. The highest BCUT2D eigenvalue weighted by Gasteiger charge is 2.57. The number of amides is 1. The van der Waals surface area contributed by atoms with Crippen LogP contribution in [0.15, 0.2) is 0 Å². The molecule has 3 fully saturated rings. The molecule has 0 aliphatic heterocycles.